The predicted molar refractivity (Wildman–Crippen MR) is 189 cm³/mol. The molecule has 11 nitrogen and oxygen atoms in total. The maximum Gasteiger partial charge on any atom is 0.407 e. The van der Waals surface area contributed by atoms with E-state index in [2.05, 4.69) is 49.2 Å². The van der Waals surface area contributed by atoms with Crippen molar-refractivity contribution in [1.29, 1.82) is 0 Å². The van der Waals surface area contributed by atoms with Gasteiger partial charge in [-0.05, 0) is 103 Å². The SMILES string of the molecule is Cc1nc2n(c(=O)c1CCN1CCC(c3noc4cc(OCCNC(=O)OC(C)(C)C)ccc34)CC1)CCCC2O[Si](C)(C)C(C)(C)C. The number of benzene rings is 1. The van der Waals surface area contributed by atoms with Gasteiger partial charge in [0.15, 0.2) is 13.9 Å². The van der Waals surface area contributed by atoms with Gasteiger partial charge in [-0.1, -0.05) is 25.9 Å². The van der Waals surface area contributed by atoms with Gasteiger partial charge in [-0.25, -0.2) is 9.78 Å². The lowest BCUT2D eigenvalue weighted by Crippen LogP contribution is -2.44. The van der Waals surface area contributed by atoms with E-state index in [9.17, 15) is 9.59 Å². The van der Waals surface area contributed by atoms with Crippen molar-refractivity contribution in [2.75, 3.05) is 32.8 Å². The number of piperidine rings is 1. The molecule has 0 radical (unpaired) electrons. The molecule has 0 spiro atoms. The third kappa shape index (κ3) is 8.49. The van der Waals surface area contributed by atoms with Crippen LogP contribution in [-0.4, -0.2) is 72.4 Å². The van der Waals surface area contributed by atoms with Gasteiger partial charge in [0.2, 0.25) is 0 Å². The second-order valence-electron chi connectivity index (χ2n) is 15.9. The molecule has 1 fully saturated rings. The Kier molecular flexibility index (Phi) is 10.8. The molecule has 12 heteroatoms. The van der Waals surface area contributed by atoms with Gasteiger partial charge in [0.1, 0.15) is 29.9 Å². The van der Waals surface area contributed by atoms with Crippen molar-refractivity contribution in [3.63, 3.8) is 0 Å². The number of likely N-dealkylation sites (tertiary alicyclic amines) is 1. The monoisotopic (exact) mass is 681 g/mol. The highest BCUT2D eigenvalue weighted by Gasteiger charge is 2.41. The van der Waals surface area contributed by atoms with Gasteiger partial charge in [-0.3, -0.25) is 9.36 Å². The molecule has 1 unspecified atom stereocenters. The zero-order chi connectivity index (χ0) is 34.9. The normalized spacial score (nSPS) is 18.1. The lowest BCUT2D eigenvalue weighted by molar-refractivity contribution is 0.0520. The number of carbonyl (C=O) groups is 1. The molecule has 1 aromatic carbocycles. The molecule has 0 bridgehead atoms. The van der Waals surface area contributed by atoms with Crippen LogP contribution >= 0.6 is 0 Å². The van der Waals surface area contributed by atoms with E-state index in [1.807, 2.05) is 50.5 Å². The Balaban J connectivity index is 1.14. The molecule has 1 saturated heterocycles. The average molecular weight is 682 g/mol. The predicted octanol–water partition coefficient (Wildman–Crippen LogP) is 6.88. The fourth-order valence-corrected chi connectivity index (χ4v) is 7.62. The summed E-state index contributed by atoms with van der Waals surface area (Å²) in [4.78, 5) is 33.0. The number of aryl methyl sites for hydroxylation is 1. The van der Waals surface area contributed by atoms with Gasteiger partial charge in [0, 0.05) is 41.7 Å². The van der Waals surface area contributed by atoms with Crippen molar-refractivity contribution < 1.29 is 23.2 Å². The highest BCUT2D eigenvalue weighted by molar-refractivity contribution is 6.74. The van der Waals surface area contributed by atoms with Crippen LogP contribution in [0, 0.1) is 6.92 Å². The number of rotatable bonds is 10. The van der Waals surface area contributed by atoms with Crippen LogP contribution in [0.25, 0.3) is 11.0 Å². The Bertz CT molecular complexity index is 1650. The molecule has 2 aromatic heterocycles. The first-order valence-electron chi connectivity index (χ1n) is 17.5. The third-order valence-corrected chi connectivity index (χ3v) is 14.5. The van der Waals surface area contributed by atoms with Gasteiger partial charge in [-0.15, -0.1) is 0 Å². The Morgan fingerprint density at radius 3 is 2.50 bits per heavy atom. The third-order valence-electron chi connectivity index (χ3n) is 10.0. The second-order valence-corrected chi connectivity index (χ2v) is 20.6. The minimum absolute atomic E-state index is 0.0990. The lowest BCUT2D eigenvalue weighted by Gasteiger charge is -2.40. The minimum atomic E-state index is -2.00. The van der Waals surface area contributed by atoms with Gasteiger partial charge < -0.3 is 28.6 Å². The Hall–Kier alpha value is -3.22. The highest BCUT2D eigenvalue weighted by Crippen LogP contribution is 2.41. The van der Waals surface area contributed by atoms with Crippen LogP contribution in [0.3, 0.4) is 0 Å². The number of nitrogens with one attached hydrogen (secondary N) is 1. The molecule has 1 amide bonds. The molecule has 4 heterocycles. The fraction of sp³-hybridized carbons (Fsp3) is 0.667. The molecule has 0 saturated carbocycles. The van der Waals surface area contributed by atoms with Crippen LogP contribution < -0.4 is 15.6 Å². The smallest absolute Gasteiger partial charge is 0.407 e. The molecule has 1 N–H and O–H groups in total. The van der Waals surface area contributed by atoms with Gasteiger partial charge >= 0.3 is 6.09 Å². The number of carbonyl (C=O) groups excluding carboxylic acids is 1. The molecular formula is C36H55N5O6Si. The molecular weight excluding hydrogens is 627 g/mol. The lowest BCUT2D eigenvalue weighted by atomic mass is 9.91. The summed E-state index contributed by atoms with van der Waals surface area (Å²) in [5.74, 6) is 1.78. The van der Waals surface area contributed by atoms with Crippen LogP contribution in [0.1, 0.15) is 102 Å². The van der Waals surface area contributed by atoms with Gasteiger partial charge in [-0.2, -0.15) is 0 Å². The average Bonchev–Trinajstić information content (AvgIpc) is 3.42. The number of alkyl carbamates (subject to hydrolysis) is 1. The Morgan fingerprint density at radius 2 is 1.81 bits per heavy atom. The maximum atomic E-state index is 13.7. The topological polar surface area (TPSA) is 121 Å². The van der Waals surface area contributed by atoms with E-state index in [1.54, 1.807) is 0 Å². The highest BCUT2D eigenvalue weighted by atomic mass is 28.4. The number of hydrogen-bond acceptors (Lipinski definition) is 9. The summed E-state index contributed by atoms with van der Waals surface area (Å²) < 4.78 is 25.4. The molecule has 2 aliphatic rings. The van der Waals surface area contributed by atoms with Gasteiger partial charge in [0.05, 0.1) is 12.2 Å². The van der Waals surface area contributed by atoms with E-state index in [1.165, 1.54) is 0 Å². The molecule has 2 aliphatic heterocycles. The van der Waals surface area contributed by atoms with Crippen LogP contribution in [0.5, 0.6) is 5.75 Å². The molecule has 48 heavy (non-hydrogen) atoms. The summed E-state index contributed by atoms with van der Waals surface area (Å²) >= 11 is 0. The summed E-state index contributed by atoms with van der Waals surface area (Å²) in [7, 11) is -2.00. The fourth-order valence-electron chi connectivity index (χ4n) is 6.34. The number of amides is 1. The number of aromatic nitrogens is 3. The molecule has 5 rings (SSSR count). The summed E-state index contributed by atoms with van der Waals surface area (Å²) in [6.45, 7) is 22.8. The second kappa shape index (κ2) is 14.3. The molecule has 264 valence electrons. The summed E-state index contributed by atoms with van der Waals surface area (Å²) in [6, 6.07) is 5.77. The molecule has 3 aromatic rings. The quantitative estimate of drug-likeness (QED) is 0.180. The van der Waals surface area contributed by atoms with Crippen molar-refractivity contribution in [2.45, 2.75) is 123 Å². The zero-order valence-electron chi connectivity index (χ0n) is 30.4. The van der Waals surface area contributed by atoms with E-state index in [0.29, 0.717) is 43.4 Å². The van der Waals surface area contributed by atoms with E-state index >= 15 is 0 Å². The van der Waals surface area contributed by atoms with Crippen LogP contribution in [0.2, 0.25) is 18.1 Å². The number of ether oxygens (including phenoxy) is 2. The summed E-state index contributed by atoms with van der Waals surface area (Å²) in [5.41, 5.74) is 2.91. The van der Waals surface area contributed by atoms with Crippen molar-refractivity contribution >= 4 is 25.4 Å². The van der Waals surface area contributed by atoms with Crippen LogP contribution in [-0.2, 0) is 22.1 Å². The van der Waals surface area contributed by atoms with Crippen molar-refractivity contribution in [1.82, 2.24) is 24.9 Å². The number of fused-ring (bicyclic) bond motifs is 2. The van der Waals surface area contributed by atoms with Crippen molar-refractivity contribution in [2.24, 2.45) is 0 Å². The van der Waals surface area contributed by atoms with E-state index in [0.717, 1.165) is 73.5 Å². The zero-order valence-corrected chi connectivity index (χ0v) is 31.4. The van der Waals surface area contributed by atoms with Crippen LogP contribution in [0.15, 0.2) is 27.5 Å². The van der Waals surface area contributed by atoms with E-state index < -0.39 is 20.0 Å². The first kappa shape index (κ1) is 36.1. The van der Waals surface area contributed by atoms with E-state index in [4.69, 9.17) is 23.4 Å². The first-order chi connectivity index (χ1) is 22.5. The van der Waals surface area contributed by atoms with Crippen molar-refractivity contribution in [3.8, 4) is 5.75 Å². The summed E-state index contributed by atoms with van der Waals surface area (Å²) in [5, 5.41) is 8.26. The van der Waals surface area contributed by atoms with Gasteiger partial charge in [0.25, 0.3) is 5.56 Å². The van der Waals surface area contributed by atoms with E-state index in [-0.39, 0.29) is 16.7 Å². The standard InChI is InChI=1S/C36H55N5O6Si/c1-24-27(33(42)41-18-10-11-29(32(41)38-24)47-48(8,9)36(5,6)7)16-21-40-19-14-25(15-20-40)31-28-13-12-26(23-30(28)46-39-31)44-22-17-37-34(43)45-35(2,3)4/h12-13,23,25,29H,10-11,14-22H2,1-9H3,(H,37,43). The number of nitrogens with zero attached hydrogens (tertiary/aromatic N) is 4. The number of hydrogen-bond donors (Lipinski definition) is 1. The Morgan fingerprint density at radius 1 is 1.08 bits per heavy atom. The van der Waals surface area contributed by atoms with Crippen LogP contribution in [0.4, 0.5) is 4.79 Å². The minimum Gasteiger partial charge on any atom is -0.492 e. The molecule has 0 aliphatic carbocycles. The summed E-state index contributed by atoms with van der Waals surface area (Å²) in [6.07, 6.45) is 3.91. The van der Waals surface area contributed by atoms with Crippen molar-refractivity contribution in [3.05, 3.63) is 51.3 Å². The largest absolute Gasteiger partial charge is 0.492 e. The first-order valence-corrected chi connectivity index (χ1v) is 20.4. The maximum absolute atomic E-state index is 13.7. The Labute approximate surface area is 285 Å². The molecule has 1 atom stereocenters.